The van der Waals surface area contributed by atoms with Gasteiger partial charge in [0, 0.05) is 12.7 Å². The fourth-order valence-electron chi connectivity index (χ4n) is 2.14. The van der Waals surface area contributed by atoms with Gasteiger partial charge in [0.05, 0.1) is 18.4 Å². The van der Waals surface area contributed by atoms with Crippen molar-refractivity contribution in [1.29, 1.82) is 0 Å². The van der Waals surface area contributed by atoms with Crippen molar-refractivity contribution in [2.24, 2.45) is 0 Å². The van der Waals surface area contributed by atoms with Crippen molar-refractivity contribution in [3.8, 4) is 0 Å². The minimum absolute atomic E-state index is 0.120. The Hall–Kier alpha value is -2.70. The summed E-state index contributed by atoms with van der Waals surface area (Å²) in [5.41, 5.74) is 8.33. The number of aromatic nitrogens is 5. The minimum atomic E-state index is 0.120. The zero-order chi connectivity index (χ0) is 14.1. The van der Waals surface area contributed by atoms with E-state index in [1.54, 1.807) is 16.9 Å². The van der Waals surface area contributed by atoms with Crippen LogP contribution in [0, 0.1) is 0 Å². The summed E-state index contributed by atoms with van der Waals surface area (Å²) in [5.74, 6) is 0.822. The standard InChI is InChI=1S/C13H15N7/c1-9(10-4-3-5-11(14)6-10)19(2)13-8-15-7-12-16-17-18-20(12)13/h3-9H,14H2,1-2H3. The number of anilines is 2. The van der Waals surface area contributed by atoms with Crippen molar-refractivity contribution in [2.45, 2.75) is 13.0 Å². The zero-order valence-corrected chi connectivity index (χ0v) is 11.3. The Balaban J connectivity index is 1.99. The van der Waals surface area contributed by atoms with Gasteiger partial charge < -0.3 is 10.6 Å². The highest BCUT2D eigenvalue weighted by Gasteiger charge is 2.16. The van der Waals surface area contributed by atoms with Crippen LogP contribution in [0.4, 0.5) is 11.5 Å². The lowest BCUT2D eigenvalue weighted by molar-refractivity contribution is 0.699. The van der Waals surface area contributed by atoms with Crippen LogP contribution in [0.3, 0.4) is 0 Å². The van der Waals surface area contributed by atoms with Crippen LogP contribution in [0.2, 0.25) is 0 Å². The lowest BCUT2D eigenvalue weighted by atomic mass is 10.1. The first kappa shape index (κ1) is 12.3. The summed E-state index contributed by atoms with van der Waals surface area (Å²) in [6, 6.07) is 7.96. The topological polar surface area (TPSA) is 85.2 Å². The molecule has 0 bridgehead atoms. The molecule has 1 unspecified atom stereocenters. The monoisotopic (exact) mass is 269 g/mol. The molecule has 2 heterocycles. The molecule has 0 aliphatic rings. The normalized spacial score (nSPS) is 12.5. The largest absolute Gasteiger partial charge is 0.399 e. The van der Waals surface area contributed by atoms with E-state index in [4.69, 9.17) is 5.73 Å². The van der Waals surface area contributed by atoms with Crippen LogP contribution >= 0.6 is 0 Å². The Kier molecular flexibility index (Phi) is 2.94. The first-order chi connectivity index (χ1) is 9.66. The Labute approximate surface area is 116 Å². The van der Waals surface area contributed by atoms with E-state index in [0.717, 1.165) is 17.1 Å². The summed E-state index contributed by atoms with van der Waals surface area (Å²) in [5, 5.41) is 11.6. The van der Waals surface area contributed by atoms with Gasteiger partial charge in [-0.25, -0.2) is 0 Å². The molecular weight excluding hydrogens is 254 g/mol. The molecule has 7 heteroatoms. The summed E-state index contributed by atoms with van der Waals surface area (Å²) in [6.45, 7) is 2.10. The fraction of sp³-hybridized carbons (Fsp3) is 0.231. The third kappa shape index (κ3) is 2.03. The quantitative estimate of drug-likeness (QED) is 0.721. The van der Waals surface area contributed by atoms with Crippen LogP contribution in [0.25, 0.3) is 5.65 Å². The number of nitrogen functional groups attached to an aromatic ring is 1. The molecule has 2 aromatic heterocycles. The predicted molar refractivity (Wildman–Crippen MR) is 76.2 cm³/mol. The number of fused-ring (bicyclic) bond motifs is 1. The Morgan fingerprint density at radius 3 is 2.95 bits per heavy atom. The second-order valence-electron chi connectivity index (χ2n) is 4.67. The van der Waals surface area contributed by atoms with E-state index in [2.05, 4.69) is 32.3 Å². The number of tetrazole rings is 1. The lowest BCUT2D eigenvalue weighted by Crippen LogP contribution is -2.24. The highest BCUT2D eigenvalue weighted by molar-refractivity contribution is 5.49. The summed E-state index contributed by atoms with van der Waals surface area (Å²) < 4.78 is 1.66. The first-order valence-corrected chi connectivity index (χ1v) is 6.27. The number of hydrogen-bond acceptors (Lipinski definition) is 6. The SMILES string of the molecule is CC(c1cccc(N)c1)N(C)c1cncc2nnnn12. The maximum atomic E-state index is 5.84. The number of benzene rings is 1. The average molecular weight is 269 g/mol. The molecule has 2 N–H and O–H groups in total. The molecule has 0 aliphatic carbocycles. The molecule has 0 aliphatic heterocycles. The molecule has 102 valence electrons. The Morgan fingerprint density at radius 2 is 2.15 bits per heavy atom. The molecule has 7 nitrogen and oxygen atoms in total. The summed E-state index contributed by atoms with van der Waals surface area (Å²) in [4.78, 5) is 6.23. The predicted octanol–water partition coefficient (Wildman–Crippen LogP) is 1.30. The van der Waals surface area contributed by atoms with Crippen LogP contribution in [-0.2, 0) is 0 Å². The molecule has 1 aromatic carbocycles. The second-order valence-corrected chi connectivity index (χ2v) is 4.67. The summed E-state index contributed by atoms with van der Waals surface area (Å²) in [6.07, 6.45) is 3.37. The van der Waals surface area contributed by atoms with Crippen LogP contribution in [0.5, 0.6) is 0 Å². The van der Waals surface area contributed by atoms with Gasteiger partial charge in [-0.3, -0.25) is 4.98 Å². The molecule has 0 amide bonds. The van der Waals surface area contributed by atoms with Gasteiger partial charge in [-0.15, -0.1) is 5.10 Å². The van der Waals surface area contributed by atoms with Gasteiger partial charge >= 0.3 is 0 Å². The third-order valence-corrected chi connectivity index (χ3v) is 3.43. The maximum absolute atomic E-state index is 5.84. The third-order valence-electron chi connectivity index (χ3n) is 3.43. The molecule has 0 radical (unpaired) electrons. The van der Waals surface area contributed by atoms with E-state index in [1.165, 1.54) is 0 Å². The lowest BCUT2D eigenvalue weighted by Gasteiger charge is -2.27. The van der Waals surface area contributed by atoms with Crippen LogP contribution in [-0.4, -0.2) is 32.1 Å². The number of hydrogen-bond donors (Lipinski definition) is 1. The minimum Gasteiger partial charge on any atom is -0.399 e. The van der Waals surface area contributed by atoms with Crippen LogP contribution < -0.4 is 10.6 Å². The van der Waals surface area contributed by atoms with E-state index >= 15 is 0 Å². The van der Waals surface area contributed by atoms with Crippen molar-refractivity contribution >= 4 is 17.2 Å². The molecule has 0 spiro atoms. The average Bonchev–Trinajstić information content (AvgIpc) is 2.94. The van der Waals surface area contributed by atoms with E-state index in [-0.39, 0.29) is 6.04 Å². The van der Waals surface area contributed by atoms with E-state index in [9.17, 15) is 0 Å². The number of rotatable bonds is 3. The summed E-state index contributed by atoms with van der Waals surface area (Å²) in [7, 11) is 1.98. The van der Waals surface area contributed by atoms with E-state index in [1.807, 2.05) is 31.3 Å². The van der Waals surface area contributed by atoms with Gasteiger partial charge in [0.25, 0.3) is 0 Å². The van der Waals surface area contributed by atoms with Crippen molar-refractivity contribution in [3.05, 3.63) is 42.2 Å². The molecule has 3 aromatic rings. The van der Waals surface area contributed by atoms with E-state index in [0.29, 0.717) is 5.65 Å². The van der Waals surface area contributed by atoms with Gasteiger partial charge in [0.15, 0.2) is 11.5 Å². The molecule has 3 rings (SSSR count). The highest BCUT2D eigenvalue weighted by atomic mass is 15.5. The molecule has 1 atom stereocenters. The summed E-state index contributed by atoms with van der Waals surface area (Å²) >= 11 is 0. The fourth-order valence-corrected chi connectivity index (χ4v) is 2.14. The zero-order valence-electron chi connectivity index (χ0n) is 11.3. The number of nitrogens with zero attached hydrogens (tertiary/aromatic N) is 6. The smallest absolute Gasteiger partial charge is 0.199 e. The Morgan fingerprint density at radius 1 is 1.30 bits per heavy atom. The van der Waals surface area contributed by atoms with Gasteiger partial charge in [-0.2, -0.15) is 4.52 Å². The molecule has 0 fully saturated rings. The van der Waals surface area contributed by atoms with Crippen LogP contribution in [0.15, 0.2) is 36.7 Å². The van der Waals surface area contributed by atoms with Crippen molar-refractivity contribution < 1.29 is 0 Å². The maximum Gasteiger partial charge on any atom is 0.199 e. The molecule has 0 saturated carbocycles. The van der Waals surface area contributed by atoms with Crippen molar-refractivity contribution in [3.63, 3.8) is 0 Å². The van der Waals surface area contributed by atoms with Crippen molar-refractivity contribution in [1.82, 2.24) is 25.0 Å². The van der Waals surface area contributed by atoms with Gasteiger partial charge in [0.1, 0.15) is 0 Å². The van der Waals surface area contributed by atoms with Crippen molar-refractivity contribution in [2.75, 3.05) is 17.7 Å². The Bertz CT molecular complexity index is 736. The van der Waals surface area contributed by atoms with Gasteiger partial charge in [0.2, 0.25) is 0 Å². The molecule has 0 saturated heterocycles. The van der Waals surface area contributed by atoms with Crippen LogP contribution in [0.1, 0.15) is 18.5 Å². The highest BCUT2D eigenvalue weighted by Crippen LogP contribution is 2.25. The molecular formula is C13H15N7. The number of nitrogens with two attached hydrogens (primary N) is 1. The van der Waals surface area contributed by atoms with E-state index < -0.39 is 0 Å². The van der Waals surface area contributed by atoms with Gasteiger partial charge in [-0.05, 0) is 35.0 Å². The van der Waals surface area contributed by atoms with Gasteiger partial charge in [-0.1, -0.05) is 12.1 Å². The molecule has 20 heavy (non-hydrogen) atoms. The second kappa shape index (κ2) is 4.76. The first-order valence-electron chi connectivity index (χ1n) is 6.27.